The van der Waals surface area contributed by atoms with Gasteiger partial charge in [0, 0.05) is 19.1 Å². The number of nitrogens with zero attached hydrogens (tertiary/aromatic N) is 2. The summed E-state index contributed by atoms with van der Waals surface area (Å²) in [4.78, 5) is 5.16. The third-order valence-corrected chi connectivity index (χ3v) is 4.60. The first kappa shape index (κ1) is 12.8. The van der Waals surface area contributed by atoms with Gasteiger partial charge in [0.25, 0.3) is 0 Å². The maximum Gasteiger partial charge on any atom is 0.0603 e. The molecule has 2 aliphatic rings. The number of anilines is 2. The Morgan fingerprint density at radius 3 is 2.68 bits per heavy atom. The van der Waals surface area contributed by atoms with Crippen LogP contribution in [0.2, 0.25) is 0 Å². The normalized spacial score (nSPS) is 24.9. The zero-order valence-electron chi connectivity index (χ0n) is 11.9. The lowest BCUT2D eigenvalue weighted by atomic mass is 10.1. The summed E-state index contributed by atoms with van der Waals surface area (Å²) in [5.41, 5.74) is 9.59. The standard InChI is InChI=1S/C16H25N3/c1-13-5-6-15(17)16(11-13)19-10-7-14(12-19)18-8-3-2-4-9-18/h5-6,11,14H,2-4,7-10,12,17H2,1H3. The quantitative estimate of drug-likeness (QED) is 0.829. The van der Waals surface area contributed by atoms with Gasteiger partial charge in [-0.3, -0.25) is 4.90 Å². The molecular formula is C16H25N3. The Bertz CT molecular complexity index is 438. The first-order valence-electron chi connectivity index (χ1n) is 7.59. The van der Waals surface area contributed by atoms with Gasteiger partial charge < -0.3 is 10.6 Å². The van der Waals surface area contributed by atoms with Crippen molar-refractivity contribution < 1.29 is 0 Å². The molecule has 0 saturated carbocycles. The van der Waals surface area contributed by atoms with Gasteiger partial charge in [-0.2, -0.15) is 0 Å². The fourth-order valence-electron chi connectivity index (χ4n) is 3.47. The van der Waals surface area contributed by atoms with Crippen molar-refractivity contribution in [3.8, 4) is 0 Å². The molecule has 1 unspecified atom stereocenters. The van der Waals surface area contributed by atoms with Crippen LogP contribution in [-0.2, 0) is 0 Å². The first-order valence-corrected chi connectivity index (χ1v) is 7.59. The van der Waals surface area contributed by atoms with Crippen LogP contribution in [0, 0.1) is 6.92 Å². The summed E-state index contributed by atoms with van der Waals surface area (Å²) < 4.78 is 0. The van der Waals surface area contributed by atoms with Crippen LogP contribution >= 0.6 is 0 Å². The zero-order chi connectivity index (χ0) is 13.2. The van der Waals surface area contributed by atoms with E-state index in [0.717, 1.165) is 24.8 Å². The fraction of sp³-hybridized carbons (Fsp3) is 0.625. The molecule has 2 fully saturated rings. The molecule has 1 aromatic rings. The van der Waals surface area contributed by atoms with Gasteiger partial charge in [-0.1, -0.05) is 12.5 Å². The summed E-state index contributed by atoms with van der Waals surface area (Å²) in [6.45, 7) is 7.02. The predicted octanol–water partition coefficient (Wildman–Crippen LogP) is 2.64. The van der Waals surface area contributed by atoms with E-state index in [4.69, 9.17) is 5.73 Å². The summed E-state index contributed by atoms with van der Waals surface area (Å²) in [6, 6.07) is 7.10. The lowest BCUT2D eigenvalue weighted by Crippen LogP contribution is -2.40. The molecule has 0 spiro atoms. The number of nitrogen functional groups attached to an aromatic ring is 1. The van der Waals surface area contributed by atoms with Gasteiger partial charge in [0.05, 0.1) is 11.4 Å². The number of piperidine rings is 1. The van der Waals surface area contributed by atoms with Crippen molar-refractivity contribution in [3.63, 3.8) is 0 Å². The van der Waals surface area contributed by atoms with E-state index in [2.05, 4.69) is 28.9 Å². The topological polar surface area (TPSA) is 32.5 Å². The Balaban J connectivity index is 1.69. The van der Waals surface area contributed by atoms with E-state index in [1.165, 1.54) is 50.0 Å². The third kappa shape index (κ3) is 2.71. The third-order valence-electron chi connectivity index (χ3n) is 4.60. The second kappa shape index (κ2) is 5.41. The van der Waals surface area contributed by atoms with E-state index in [1.54, 1.807) is 0 Å². The molecule has 3 heteroatoms. The van der Waals surface area contributed by atoms with Crippen molar-refractivity contribution >= 4 is 11.4 Å². The molecule has 2 N–H and O–H groups in total. The molecule has 0 amide bonds. The Labute approximate surface area is 116 Å². The van der Waals surface area contributed by atoms with Crippen LogP contribution in [0.1, 0.15) is 31.2 Å². The Kier molecular flexibility index (Phi) is 3.65. The molecule has 1 atom stereocenters. The first-order chi connectivity index (χ1) is 9.24. The van der Waals surface area contributed by atoms with Gasteiger partial charge in [-0.15, -0.1) is 0 Å². The van der Waals surface area contributed by atoms with Crippen LogP contribution in [0.4, 0.5) is 11.4 Å². The van der Waals surface area contributed by atoms with Gasteiger partial charge >= 0.3 is 0 Å². The number of rotatable bonds is 2. The second-order valence-electron chi connectivity index (χ2n) is 6.05. The van der Waals surface area contributed by atoms with Crippen LogP contribution in [-0.4, -0.2) is 37.1 Å². The molecule has 2 aliphatic heterocycles. The summed E-state index contributed by atoms with van der Waals surface area (Å²) in [5, 5.41) is 0. The summed E-state index contributed by atoms with van der Waals surface area (Å²) in [5.74, 6) is 0. The molecule has 1 aromatic carbocycles. The van der Waals surface area contributed by atoms with E-state index in [1.807, 2.05) is 6.07 Å². The molecule has 0 bridgehead atoms. The Morgan fingerprint density at radius 1 is 1.11 bits per heavy atom. The highest BCUT2D eigenvalue weighted by atomic mass is 15.3. The average Bonchev–Trinajstić information content (AvgIpc) is 2.92. The van der Waals surface area contributed by atoms with E-state index in [0.29, 0.717) is 0 Å². The van der Waals surface area contributed by atoms with Gasteiger partial charge in [0.2, 0.25) is 0 Å². The minimum absolute atomic E-state index is 0.736. The van der Waals surface area contributed by atoms with Gasteiger partial charge in [0.1, 0.15) is 0 Å². The van der Waals surface area contributed by atoms with E-state index < -0.39 is 0 Å². The van der Waals surface area contributed by atoms with E-state index in [9.17, 15) is 0 Å². The summed E-state index contributed by atoms with van der Waals surface area (Å²) in [6.07, 6.45) is 5.46. The van der Waals surface area contributed by atoms with Gasteiger partial charge in [0.15, 0.2) is 0 Å². The average molecular weight is 259 g/mol. The molecular weight excluding hydrogens is 234 g/mol. The minimum atomic E-state index is 0.736. The predicted molar refractivity (Wildman–Crippen MR) is 81.6 cm³/mol. The van der Waals surface area contributed by atoms with Crippen LogP contribution < -0.4 is 10.6 Å². The largest absolute Gasteiger partial charge is 0.397 e. The Morgan fingerprint density at radius 2 is 1.89 bits per heavy atom. The molecule has 104 valence electrons. The van der Waals surface area contributed by atoms with Crippen LogP contribution in [0.25, 0.3) is 0 Å². The number of likely N-dealkylation sites (tertiary alicyclic amines) is 1. The monoisotopic (exact) mass is 259 g/mol. The SMILES string of the molecule is Cc1ccc(N)c(N2CCC(N3CCCCC3)C2)c1. The highest BCUT2D eigenvalue weighted by molar-refractivity contribution is 5.69. The molecule has 19 heavy (non-hydrogen) atoms. The van der Waals surface area contributed by atoms with Crippen LogP contribution in [0.3, 0.4) is 0 Å². The lowest BCUT2D eigenvalue weighted by molar-refractivity contribution is 0.175. The number of nitrogens with two attached hydrogens (primary N) is 1. The van der Waals surface area contributed by atoms with Gasteiger partial charge in [-0.25, -0.2) is 0 Å². The zero-order valence-corrected chi connectivity index (χ0v) is 11.9. The smallest absolute Gasteiger partial charge is 0.0603 e. The van der Waals surface area contributed by atoms with Crippen molar-refractivity contribution in [3.05, 3.63) is 23.8 Å². The summed E-state index contributed by atoms with van der Waals surface area (Å²) >= 11 is 0. The maximum atomic E-state index is 6.14. The minimum Gasteiger partial charge on any atom is -0.397 e. The molecule has 3 rings (SSSR count). The molecule has 3 nitrogen and oxygen atoms in total. The van der Waals surface area contributed by atoms with Gasteiger partial charge in [-0.05, 0) is 57.0 Å². The lowest BCUT2D eigenvalue weighted by Gasteiger charge is -2.32. The van der Waals surface area contributed by atoms with Crippen LogP contribution in [0.5, 0.6) is 0 Å². The van der Waals surface area contributed by atoms with E-state index in [-0.39, 0.29) is 0 Å². The van der Waals surface area contributed by atoms with Crippen molar-refractivity contribution in [2.24, 2.45) is 0 Å². The van der Waals surface area contributed by atoms with Crippen molar-refractivity contribution in [1.29, 1.82) is 0 Å². The fourth-order valence-corrected chi connectivity index (χ4v) is 3.47. The number of aryl methyl sites for hydroxylation is 1. The molecule has 0 aromatic heterocycles. The molecule has 0 radical (unpaired) electrons. The maximum absolute atomic E-state index is 6.14. The molecule has 0 aliphatic carbocycles. The molecule has 2 saturated heterocycles. The summed E-state index contributed by atoms with van der Waals surface area (Å²) in [7, 11) is 0. The second-order valence-corrected chi connectivity index (χ2v) is 6.05. The van der Waals surface area contributed by atoms with Crippen molar-refractivity contribution in [2.45, 2.75) is 38.6 Å². The number of hydrogen-bond donors (Lipinski definition) is 1. The number of hydrogen-bond acceptors (Lipinski definition) is 3. The van der Waals surface area contributed by atoms with Crippen LogP contribution in [0.15, 0.2) is 18.2 Å². The molecule has 2 heterocycles. The number of benzene rings is 1. The van der Waals surface area contributed by atoms with E-state index >= 15 is 0 Å². The highest BCUT2D eigenvalue weighted by Crippen LogP contribution is 2.29. The van der Waals surface area contributed by atoms with Crippen molar-refractivity contribution in [1.82, 2.24) is 4.90 Å². The Hall–Kier alpha value is -1.22. The highest BCUT2D eigenvalue weighted by Gasteiger charge is 2.29. The van der Waals surface area contributed by atoms with Crippen molar-refractivity contribution in [2.75, 3.05) is 36.8 Å².